The molecule has 6 nitrogen and oxygen atoms in total. The molecular formula is C18H31FN4O2. The highest BCUT2D eigenvalue weighted by atomic mass is 19.1. The molecule has 3 heterocycles. The molecule has 0 bridgehead atoms. The number of aliphatic hydroxyl groups is 1. The van der Waals surface area contributed by atoms with Gasteiger partial charge >= 0.3 is 0 Å². The van der Waals surface area contributed by atoms with Crippen LogP contribution >= 0.6 is 0 Å². The largest absolute Gasteiger partial charge is 0.390 e. The third kappa shape index (κ3) is 2.99. The number of halogens is 1. The zero-order valence-corrected chi connectivity index (χ0v) is 15.4. The van der Waals surface area contributed by atoms with Gasteiger partial charge in [-0.1, -0.05) is 0 Å². The van der Waals surface area contributed by atoms with E-state index in [9.17, 15) is 14.3 Å². The summed E-state index contributed by atoms with van der Waals surface area (Å²) < 4.78 is 14.3. The number of hydrogen-bond donors (Lipinski definition) is 3. The Morgan fingerprint density at radius 1 is 1.32 bits per heavy atom. The van der Waals surface area contributed by atoms with E-state index in [1.807, 2.05) is 13.8 Å². The SMILES string of the molecule is C[C@H]1CNC(=O)C2CC(F)CC3NC(N4CCC(C(C)(C)O)C4)N1C32. The van der Waals surface area contributed by atoms with Crippen LogP contribution in [-0.2, 0) is 4.79 Å². The molecular weight excluding hydrogens is 323 g/mol. The molecule has 6 unspecified atom stereocenters. The van der Waals surface area contributed by atoms with Crippen molar-refractivity contribution >= 4 is 5.91 Å². The Kier molecular flexibility index (Phi) is 4.34. The standard InChI is InChI=1S/C18H31FN4O2/c1-10-8-20-16(24)13-6-12(19)7-14-15(13)23(10)17(21-14)22-5-4-11(9-22)18(2,3)25/h10-15,17,21,25H,4-9H2,1-3H3,(H,20,24)/t10-,11?,12?,13?,14?,15?,17?/m0/s1. The van der Waals surface area contributed by atoms with Crippen molar-refractivity contribution < 1.29 is 14.3 Å². The van der Waals surface area contributed by atoms with E-state index in [1.54, 1.807) is 0 Å². The minimum absolute atomic E-state index is 0.00457. The van der Waals surface area contributed by atoms with Gasteiger partial charge in [0.25, 0.3) is 0 Å². The Hall–Kier alpha value is -0.760. The first kappa shape index (κ1) is 17.6. The van der Waals surface area contributed by atoms with Crippen molar-refractivity contribution in [3.63, 3.8) is 0 Å². The topological polar surface area (TPSA) is 67.8 Å². The van der Waals surface area contributed by atoms with Crippen LogP contribution in [0.5, 0.6) is 0 Å². The molecule has 1 saturated carbocycles. The lowest BCUT2D eigenvalue weighted by molar-refractivity contribution is -0.127. The van der Waals surface area contributed by atoms with Crippen molar-refractivity contribution in [1.82, 2.24) is 20.4 Å². The van der Waals surface area contributed by atoms with Crippen LogP contribution in [0.2, 0.25) is 0 Å². The average molecular weight is 354 g/mol. The number of alkyl halides is 1. The lowest BCUT2D eigenvalue weighted by Gasteiger charge is -2.40. The van der Waals surface area contributed by atoms with Crippen molar-refractivity contribution in [3.05, 3.63) is 0 Å². The number of nitrogens with one attached hydrogen (secondary N) is 2. The highest BCUT2D eigenvalue weighted by molar-refractivity contribution is 5.80. The van der Waals surface area contributed by atoms with Gasteiger partial charge in [-0.25, -0.2) is 4.39 Å². The van der Waals surface area contributed by atoms with Gasteiger partial charge in [0.05, 0.1) is 11.5 Å². The Bertz CT molecular complexity index is 540. The number of nitrogens with zero attached hydrogens (tertiary/aromatic N) is 2. The predicted molar refractivity (Wildman–Crippen MR) is 92.4 cm³/mol. The maximum absolute atomic E-state index is 14.3. The fourth-order valence-electron chi connectivity index (χ4n) is 5.39. The predicted octanol–water partition coefficient (Wildman–Crippen LogP) is 0.272. The minimum Gasteiger partial charge on any atom is -0.390 e. The Labute approximate surface area is 149 Å². The van der Waals surface area contributed by atoms with Gasteiger partial charge in [-0.2, -0.15) is 0 Å². The van der Waals surface area contributed by atoms with E-state index in [-0.39, 0.29) is 42.2 Å². The summed E-state index contributed by atoms with van der Waals surface area (Å²) in [6.45, 7) is 8.25. The summed E-state index contributed by atoms with van der Waals surface area (Å²) in [5.74, 6) is -0.0301. The van der Waals surface area contributed by atoms with Crippen LogP contribution in [0.15, 0.2) is 0 Å². The molecule has 142 valence electrons. The van der Waals surface area contributed by atoms with Gasteiger partial charge in [-0.05, 0) is 40.0 Å². The van der Waals surface area contributed by atoms with Gasteiger partial charge in [-0.15, -0.1) is 0 Å². The van der Waals surface area contributed by atoms with Crippen LogP contribution in [0.3, 0.4) is 0 Å². The molecule has 3 aliphatic heterocycles. The van der Waals surface area contributed by atoms with E-state index in [4.69, 9.17) is 0 Å². The van der Waals surface area contributed by atoms with E-state index < -0.39 is 11.8 Å². The molecule has 4 fully saturated rings. The minimum atomic E-state index is -0.916. The van der Waals surface area contributed by atoms with Crippen molar-refractivity contribution in [2.75, 3.05) is 19.6 Å². The molecule has 1 aliphatic carbocycles. The third-order valence-electron chi connectivity index (χ3n) is 6.82. The molecule has 0 aromatic carbocycles. The molecule has 3 N–H and O–H groups in total. The zero-order chi connectivity index (χ0) is 17.9. The summed E-state index contributed by atoms with van der Waals surface area (Å²) in [5, 5.41) is 17.0. The Morgan fingerprint density at radius 2 is 2.08 bits per heavy atom. The molecule has 0 radical (unpaired) electrons. The molecule has 3 saturated heterocycles. The number of carbonyl (C=O) groups excluding carboxylic acids is 1. The molecule has 7 heteroatoms. The zero-order valence-electron chi connectivity index (χ0n) is 15.4. The number of rotatable bonds is 2. The van der Waals surface area contributed by atoms with Crippen molar-refractivity contribution in [3.8, 4) is 0 Å². The second kappa shape index (κ2) is 6.15. The fourth-order valence-corrected chi connectivity index (χ4v) is 5.39. The summed E-state index contributed by atoms with van der Waals surface area (Å²) in [7, 11) is 0. The van der Waals surface area contributed by atoms with Crippen LogP contribution in [0.25, 0.3) is 0 Å². The van der Waals surface area contributed by atoms with E-state index in [0.29, 0.717) is 19.4 Å². The number of amides is 1. The summed E-state index contributed by atoms with van der Waals surface area (Å²) >= 11 is 0. The highest BCUT2D eigenvalue weighted by Gasteiger charge is 2.55. The van der Waals surface area contributed by atoms with Crippen LogP contribution in [0.4, 0.5) is 4.39 Å². The van der Waals surface area contributed by atoms with Gasteiger partial charge in [0.2, 0.25) is 5.91 Å². The summed E-state index contributed by atoms with van der Waals surface area (Å²) in [6, 6.07) is 0.292. The first-order valence-electron chi connectivity index (χ1n) is 9.67. The highest BCUT2D eigenvalue weighted by Crippen LogP contribution is 2.40. The normalized spacial score (nSPS) is 46.0. The van der Waals surface area contributed by atoms with Gasteiger partial charge in [-0.3, -0.25) is 19.9 Å². The lowest BCUT2D eigenvalue weighted by atomic mass is 9.80. The first-order valence-corrected chi connectivity index (χ1v) is 9.67. The Morgan fingerprint density at radius 3 is 2.76 bits per heavy atom. The molecule has 0 aromatic heterocycles. The second-order valence-corrected chi connectivity index (χ2v) is 8.99. The number of hydrogen-bond acceptors (Lipinski definition) is 5. The molecule has 4 rings (SSSR count). The monoisotopic (exact) mass is 354 g/mol. The maximum atomic E-state index is 14.3. The molecule has 25 heavy (non-hydrogen) atoms. The van der Waals surface area contributed by atoms with Crippen LogP contribution in [0, 0.1) is 11.8 Å². The van der Waals surface area contributed by atoms with Gasteiger partial charge in [0, 0.05) is 43.7 Å². The molecule has 0 aromatic rings. The van der Waals surface area contributed by atoms with Crippen LogP contribution in [0.1, 0.15) is 40.0 Å². The van der Waals surface area contributed by atoms with Crippen molar-refractivity contribution in [2.45, 2.75) is 76.2 Å². The number of carbonyl (C=O) groups is 1. The van der Waals surface area contributed by atoms with Crippen molar-refractivity contribution in [2.24, 2.45) is 11.8 Å². The first-order chi connectivity index (χ1) is 11.8. The Balaban J connectivity index is 1.59. The number of likely N-dealkylation sites (tertiary alicyclic amines) is 1. The second-order valence-electron chi connectivity index (χ2n) is 8.99. The molecule has 1 amide bonds. The van der Waals surface area contributed by atoms with Crippen molar-refractivity contribution in [1.29, 1.82) is 0 Å². The average Bonchev–Trinajstić information content (AvgIpc) is 3.12. The molecule has 0 spiro atoms. The van der Waals surface area contributed by atoms with E-state index >= 15 is 0 Å². The van der Waals surface area contributed by atoms with E-state index in [2.05, 4.69) is 27.4 Å². The van der Waals surface area contributed by atoms with Crippen LogP contribution < -0.4 is 10.6 Å². The van der Waals surface area contributed by atoms with Gasteiger partial charge in [0.1, 0.15) is 12.5 Å². The van der Waals surface area contributed by atoms with Gasteiger partial charge in [0.15, 0.2) is 0 Å². The summed E-state index contributed by atoms with van der Waals surface area (Å²) in [5.41, 5.74) is -0.686. The fraction of sp³-hybridized carbons (Fsp3) is 0.944. The molecule has 4 aliphatic rings. The summed E-state index contributed by atoms with van der Waals surface area (Å²) in [4.78, 5) is 17.3. The smallest absolute Gasteiger partial charge is 0.224 e. The van der Waals surface area contributed by atoms with E-state index in [0.717, 1.165) is 19.5 Å². The maximum Gasteiger partial charge on any atom is 0.224 e. The quantitative estimate of drug-likeness (QED) is 0.664. The van der Waals surface area contributed by atoms with Gasteiger partial charge < -0.3 is 10.4 Å². The molecule has 7 atom stereocenters. The third-order valence-corrected chi connectivity index (χ3v) is 6.82. The van der Waals surface area contributed by atoms with E-state index in [1.165, 1.54) is 0 Å². The van der Waals surface area contributed by atoms with Crippen LogP contribution in [-0.4, -0.2) is 76.6 Å². The lowest BCUT2D eigenvalue weighted by Crippen LogP contribution is -2.56. The summed E-state index contributed by atoms with van der Waals surface area (Å²) in [6.07, 6.45) is 0.887.